The summed E-state index contributed by atoms with van der Waals surface area (Å²) in [6.45, 7) is 0.581. The second-order valence-electron chi connectivity index (χ2n) is 3.83. The molecule has 0 saturated heterocycles. The number of pyridine rings is 1. The topological polar surface area (TPSA) is 80.7 Å². The highest BCUT2D eigenvalue weighted by atomic mass is 19.4. The molecule has 0 aromatic carbocycles. The molecule has 118 valence electrons. The number of aromatic nitrogens is 1. The number of rotatable bonds is 3. The van der Waals surface area contributed by atoms with Crippen molar-refractivity contribution in [2.24, 2.45) is 10.9 Å². The van der Waals surface area contributed by atoms with E-state index < -0.39 is 41.4 Å². The molecule has 1 aromatic rings. The van der Waals surface area contributed by atoms with Gasteiger partial charge in [-0.15, -0.1) is 0 Å². The van der Waals surface area contributed by atoms with Crippen LogP contribution in [0.4, 0.5) is 26.3 Å². The zero-order valence-electron chi connectivity index (χ0n) is 10.3. The monoisotopic (exact) mass is 317 g/mol. The number of halogens is 6. The number of ether oxygens (including phenoxy) is 1. The maximum atomic E-state index is 12.5. The van der Waals surface area contributed by atoms with Crippen LogP contribution in [0.1, 0.15) is 18.2 Å². The molecule has 1 heterocycles. The molecule has 11 heteroatoms. The van der Waals surface area contributed by atoms with E-state index in [0.717, 1.165) is 0 Å². The predicted octanol–water partition coefficient (Wildman–Crippen LogP) is 2.52. The van der Waals surface area contributed by atoms with E-state index in [9.17, 15) is 26.3 Å². The van der Waals surface area contributed by atoms with Crippen molar-refractivity contribution in [3.05, 3.63) is 23.4 Å². The highest BCUT2D eigenvalue weighted by Gasteiger charge is 2.40. The summed E-state index contributed by atoms with van der Waals surface area (Å²) in [4.78, 5) is 2.95. The number of hydrogen-bond donors (Lipinski definition) is 2. The molecule has 21 heavy (non-hydrogen) atoms. The fourth-order valence-corrected chi connectivity index (χ4v) is 1.17. The second kappa shape index (κ2) is 5.66. The fourth-order valence-electron chi connectivity index (χ4n) is 1.17. The lowest BCUT2D eigenvalue weighted by atomic mass is 10.2. The Labute approximate surface area is 114 Å². The standard InChI is InChI=1S/C10H9F6N3O2/c1-4(9(11,12)13)21-8-5(7(17)19-20)2-3-6(18-8)10(14,15)16/h2-4,20H,1H3,(H2,17,19). The van der Waals surface area contributed by atoms with Crippen LogP contribution in [-0.2, 0) is 6.18 Å². The Morgan fingerprint density at radius 1 is 1.29 bits per heavy atom. The number of nitrogens with two attached hydrogens (primary N) is 1. The summed E-state index contributed by atoms with van der Waals surface area (Å²) in [5.41, 5.74) is 3.19. The summed E-state index contributed by atoms with van der Waals surface area (Å²) in [6, 6.07) is 1.17. The highest BCUT2D eigenvalue weighted by Crippen LogP contribution is 2.32. The number of alkyl halides is 6. The van der Waals surface area contributed by atoms with Crippen molar-refractivity contribution < 1.29 is 36.3 Å². The normalized spacial score (nSPS) is 14.9. The van der Waals surface area contributed by atoms with Gasteiger partial charge in [0.05, 0.1) is 5.56 Å². The third-order valence-electron chi connectivity index (χ3n) is 2.28. The van der Waals surface area contributed by atoms with E-state index in [0.29, 0.717) is 19.1 Å². The molecule has 3 N–H and O–H groups in total. The average Bonchev–Trinajstić information content (AvgIpc) is 2.35. The van der Waals surface area contributed by atoms with Gasteiger partial charge in [0.2, 0.25) is 5.88 Å². The lowest BCUT2D eigenvalue weighted by Gasteiger charge is -2.19. The number of oxime groups is 1. The van der Waals surface area contributed by atoms with E-state index >= 15 is 0 Å². The lowest BCUT2D eigenvalue weighted by molar-refractivity contribution is -0.190. The molecular formula is C10H9F6N3O2. The fraction of sp³-hybridized carbons (Fsp3) is 0.400. The molecule has 1 aromatic heterocycles. The van der Waals surface area contributed by atoms with Crippen molar-refractivity contribution in [1.82, 2.24) is 4.98 Å². The van der Waals surface area contributed by atoms with Gasteiger partial charge in [-0.1, -0.05) is 5.16 Å². The van der Waals surface area contributed by atoms with Gasteiger partial charge in [0, 0.05) is 0 Å². The van der Waals surface area contributed by atoms with E-state index in [4.69, 9.17) is 10.9 Å². The SMILES string of the molecule is CC(Oc1nc(C(F)(F)F)ccc1C(N)=NO)C(F)(F)F. The van der Waals surface area contributed by atoms with Crippen LogP contribution in [-0.4, -0.2) is 28.3 Å². The lowest BCUT2D eigenvalue weighted by Crippen LogP contribution is -2.32. The van der Waals surface area contributed by atoms with E-state index in [1.807, 2.05) is 0 Å². The molecule has 0 aliphatic carbocycles. The predicted molar refractivity (Wildman–Crippen MR) is 57.9 cm³/mol. The van der Waals surface area contributed by atoms with Crippen LogP contribution >= 0.6 is 0 Å². The summed E-state index contributed by atoms with van der Waals surface area (Å²) < 4.78 is 79.1. The smallest absolute Gasteiger partial charge is 0.433 e. The molecule has 1 atom stereocenters. The molecule has 0 fully saturated rings. The summed E-state index contributed by atoms with van der Waals surface area (Å²) in [5, 5.41) is 11.0. The highest BCUT2D eigenvalue weighted by molar-refractivity contribution is 5.99. The van der Waals surface area contributed by atoms with E-state index in [1.54, 1.807) is 0 Å². The number of amidine groups is 1. The van der Waals surface area contributed by atoms with Crippen molar-refractivity contribution in [3.63, 3.8) is 0 Å². The molecule has 0 radical (unpaired) electrons. The average molecular weight is 317 g/mol. The third kappa shape index (κ3) is 4.13. The first kappa shape index (κ1) is 16.9. The first-order valence-electron chi connectivity index (χ1n) is 5.26. The molecule has 0 spiro atoms. The minimum Gasteiger partial charge on any atom is -0.464 e. The van der Waals surface area contributed by atoms with E-state index in [1.165, 1.54) is 0 Å². The molecule has 0 aliphatic heterocycles. The Bertz CT molecular complexity index is 541. The molecule has 1 rings (SSSR count). The Hall–Kier alpha value is -2.20. The molecule has 5 nitrogen and oxygen atoms in total. The van der Waals surface area contributed by atoms with Crippen LogP contribution < -0.4 is 10.5 Å². The maximum Gasteiger partial charge on any atom is 0.433 e. The Kier molecular flexibility index (Phi) is 4.54. The molecule has 0 bridgehead atoms. The van der Waals surface area contributed by atoms with E-state index in [2.05, 4.69) is 14.9 Å². The van der Waals surface area contributed by atoms with Crippen LogP contribution in [0, 0.1) is 0 Å². The zero-order valence-corrected chi connectivity index (χ0v) is 10.3. The maximum absolute atomic E-state index is 12.5. The van der Waals surface area contributed by atoms with Gasteiger partial charge < -0.3 is 15.7 Å². The third-order valence-corrected chi connectivity index (χ3v) is 2.28. The van der Waals surface area contributed by atoms with Gasteiger partial charge in [-0.3, -0.25) is 0 Å². The van der Waals surface area contributed by atoms with Gasteiger partial charge in [0.1, 0.15) is 5.69 Å². The molecule has 0 amide bonds. The summed E-state index contributed by atoms with van der Waals surface area (Å²) in [6.07, 6.45) is -12.1. The van der Waals surface area contributed by atoms with Gasteiger partial charge in [-0.05, 0) is 19.1 Å². The summed E-state index contributed by atoms with van der Waals surface area (Å²) >= 11 is 0. The Balaban J connectivity index is 3.30. The van der Waals surface area contributed by atoms with Crippen LogP contribution in [0.3, 0.4) is 0 Å². The van der Waals surface area contributed by atoms with Gasteiger partial charge in [0.15, 0.2) is 11.9 Å². The van der Waals surface area contributed by atoms with Crippen LogP contribution in [0.15, 0.2) is 17.3 Å². The molecular weight excluding hydrogens is 308 g/mol. The van der Waals surface area contributed by atoms with Crippen LogP contribution in [0.5, 0.6) is 5.88 Å². The number of hydrogen-bond acceptors (Lipinski definition) is 4. The van der Waals surface area contributed by atoms with Crippen LogP contribution in [0.25, 0.3) is 0 Å². The Morgan fingerprint density at radius 3 is 2.29 bits per heavy atom. The second-order valence-corrected chi connectivity index (χ2v) is 3.83. The van der Waals surface area contributed by atoms with Crippen molar-refractivity contribution in [2.75, 3.05) is 0 Å². The minimum atomic E-state index is -4.89. The van der Waals surface area contributed by atoms with Gasteiger partial charge in [-0.2, -0.15) is 26.3 Å². The summed E-state index contributed by atoms with van der Waals surface area (Å²) in [5.74, 6) is -1.77. The summed E-state index contributed by atoms with van der Waals surface area (Å²) in [7, 11) is 0. The first-order chi connectivity index (χ1) is 9.46. The Morgan fingerprint density at radius 2 is 1.86 bits per heavy atom. The molecule has 1 unspecified atom stereocenters. The molecule has 0 aliphatic rings. The van der Waals surface area contributed by atoms with Gasteiger partial charge in [-0.25, -0.2) is 4.98 Å². The zero-order chi connectivity index (χ0) is 16.4. The largest absolute Gasteiger partial charge is 0.464 e. The van der Waals surface area contributed by atoms with Crippen molar-refractivity contribution in [2.45, 2.75) is 25.4 Å². The number of nitrogens with zero attached hydrogens (tertiary/aromatic N) is 2. The van der Waals surface area contributed by atoms with Gasteiger partial charge in [0.25, 0.3) is 0 Å². The van der Waals surface area contributed by atoms with Crippen molar-refractivity contribution >= 4 is 5.84 Å². The van der Waals surface area contributed by atoms with Crippen molar-refractivity contribution in [1.29, 1.82) is 0 Å². The first-order valence-corrected chi connectivity index (χ1v) is 5.26. The van der Waals surface area contributed by atoms with E-state index in [-0.39, 0.29) is 0 Å². The molecule has 0 saturated carbocycles. The quantitative estimate of drug-likeness (QED) is 0.295. The minimum absolute atomic E-state index is 0.471. The van der Waals surface area contributed by atoms with Gasteiger partial charge >= 0.3 is 12.4 Å². The van der Waals surface area contributed by atoms with Crippen molar-refractivity contribution in [3.8, 4) is 5.88 Å². The van der Waals surface area contributed by atoms with Crippen LogP contribution in [0.2, 0.25) is 0 Å².